The Hall–Kier alpha value is -1.87. The van der Waals surface area contributed by atoms with Gasteiger partial charge < -0.3 is 9.84 Å². The predicted octanol–water partition coefficient (Wildman–Crippen LogP) is 4.20. The third-order valence-corrected chi connectivity index (χ3v) is 3.46. The fourth-order valence-corrected chi connectivity index (χ4v) is 2.19. The normalized spacial score (nSPS) is 12.2. The van der Waals surface area contributed by atoms with Gasteiger partial charge in [0.2, 0.25) is 0 Å². The third-order valence-electron chi connectivity index (χ3n) is 3.46. The van der Waals surface area contributed by atoms with E-state index in [4.69, 9.17) is 4.74 Å². The molecule has 0 radical (unpaired) electrons. The molecule has 0 aliphatic rings. The van der Waals surface area contributed by atoms with Gasteiger partial charge in [0.25, 0.3) is 0 Å². The Bertz CT molecular complexity index is 578. The molecule has 0 aliphatic heterocycles. The van der Waals surface area contributed by atoms with E-state index in [0.29, 0.717) is 5.56 Å². The summed E-state index contributed by atoms with van der Waals surface area (Å²) in [5, 5.41) is 10.1. The Balaban J connectivity index is 1.98. The minimum atomic E-state index is -0.763. The number of halogens is 1. The van der Waals surface area contributed by atoms with Crippen LogP contribution >= 0.6 is 0 Å². The van der Waals surface area contributed by atoms with Crippen molar-refractivity contribution < 1.29 is 14.2 Å². The Morgan fingerprint density at radius 2 is 1.86 bits per heavy atom. The quantitative estimate of drug-likeness (QED) is 0.863. The molecule has 0 saturated heterocycles. The molecule has 112 valence electrons. The van der Waals surface area contributed by atoms with Gasteiger partial charge in [-0.05, 0) is 36.1 Å². The molecule has 2 nitrogen and oxygen atoms in total. The maximum atomic E-state index is 13.8. The van der Waals surface area contributed by atoms with Crippen LogP contribution in [-0.4, -0.2) is 11.7 Å². The number of aliphatic hydroxyl groups excluding tert-OH is 1. The largest absolute Gasteiger partial charge is 0.487 e. The Morgan fingerprint density at radius 3 is 2.52 bits per heavy atom. The van der Waals surface area contributed by atoms with Crippen LogP contribution in [0.5, 0.6) is 5.75 Å². The summed E-state index contributed by atoms with van der Waals surface area (Å²) in [6.07, 6.45) is 1.36. The minimum Gasteiger partial charge on any atom is -0.487 e. The van der Waals surface area contributed by atoms with Crippen LogP contribution in [0.1, 0.15) is 36.1 Å². The Morgan fingerprint density at radius 1 is 1.14 bits per heavy atom. The van der Waals surface area contributed by atoms with Gasteiger partial charge in [-0.15, -0.1) is 0 Å². The van der Waals surface area contributed by atoms with Crippen molar-refractivity contribution >= 4 is 0 Å². The van der Waals surface area contributed by atoms with Crippen molar-refractivity contribution in [3.05, 3.63) is 65.0 Å². The fraction of sp³-hybridized carbons (Fsp3) is 0.333. The third kappa shape index (κ3) is 4.05. The van der Waals surface area contributed by atoms with E-state index >= 15 is 0 Å². The topological polar surface area (TPSA) is 29.5 Å². The molecule has 0 heterocycles. The zero-order valence-electron chi connectivity index (χ0n) is 12.5. The summed E-state index contributed by atoms with van der Waals surface area (Å²) in [5.41, 5.74) is 2.56. The number of aliphatic hydroxyl groups is 1. The monoisotopic (exact) mass is 288 g/mol. The average molecular weight is 288 g/mol. The van der Waals surface area contributed by atoms with Crippen LogP contribution in [0.15, 0.2) is 42.5 Å². The lowest BCUT2D eigenvalue weighted by atomic mass is 10.0. The molecular weight excluding hydrogens is 267 g/mol. The van der Waals surface area contributed by atoms with Gasteiger partial charge >= 0.3 is 0 Å². The smallest absolute Gasteiger partial charge is 0.167 e. The molecule has 0 aliphatic carbocycles. The lowest BCUT2D eigenvalue weighted by molar-refractivity contribution is 0.106. The van der Waals surface area contributed by atoms with Gasteiger partial charge in [-0.3, -0.25) is 0 Å². The van der Waals surface area contributed by atoms with Crippen LogP contribution in [0.25, 0.3) is 0 Å². The average Bonchev–Trinajstić information content (AvgIpc) is 2.49. The maximum Gasteiger partial charge on any atom is 0.167 e. The minimum absolute atomic E-state index is 0.0352. The highest BCUT2D eigenvalue weighted by molar-refractivity contribution is 5.30. The van der Waals surface area contributed by atoms with E-state index in [0.717, 1.165) is 18.4 Å². The zero-order valence-corrected chi connectivity index (χ0v) is 12.5. The van der Waals surface area contributed by atoms with Crippen LogP contribution in [-0.2, 0) is 6.42 Å². The maximum absolute atomic E-state index is 13.8. The van der Waals surface area contributed by atoms with Gasteiger partial charge in [0.15, 0.2) is 11.6 Å². The lowest BCUT2D eigenvalue weighted by Crippen LogP contribution is -2.10. The first-order valence-corrected chi connectivity index (χ1v) is 7.26. The molecule has 3 heteroatoms. The summed E-state index contributed by atoms with van der Waals surface area (Å²) in [6, 6.07) is 12.8. The molecule has 1 atom stereocenters. The zero-order chi connectivity index (χ0) is 15.2. The molecule has 0 bridgehead atoms. The highest BCUT2D eigenvalue weighted by atomic mass is 19.1. The van der Waals surface area contributed by atoms with Gasteiger partial charge in [-0.2, -0.15) is 0 Å². The molecule has 1 N–H and O–H groups in total. The number of rotatable bonds is 6. The predicted molar refractivity (Wildman–Crippen MR) is 82.0 cm³/mol. The molecule has 0 fully saturated rings. The molecule has 0 aromatic heterocycles. The number of aryl methyl sites for hydroxylation is 2. The molecule has 0 amide bonds. The second-order valence-electron chi connectivity index (χ2n) is 5.21. The highest BCUT2D eigenvalue weighted by Gasteiger charge is 2.11. The van der Waals surface area contributed by atoms with Crippen molar-refractivity contribution in [1.29, 1.82) is 0 Å². The van der Waals surface area contributed by atoms with E-state index in [2.05, 4.69) is 6.92 Å². The number of benzene rings is 2. The summed E-state index contributed by atoms with van der Waals surface area (Å²) >= 11 is 0. The second kappa shape index (κ2) is 7.23. The van der Waals surface area contributed by atoms with Crippen molar-refractivity contribution in [1.82, 2.24) is 0 Å². The molecule has 2 rings (SSSR count). The van der Waals surface area contributed by atoms with Crippen molar-refractivity contribution in [2.24, 2.45) is 0 Å². The first-order valence-electron chi connectivity index (χ1n) is 7.26. The van der Waals surface area contributed by atoms with Gasteiger partial charge in [-0.25, -0.2) is 4.39 Å². The van der Waals surface area contributed by atoms with Crippen molar-refractivity contribution in [3.8, 4) is 5.75 Å². The van der Waals surface area contributed by atoms with Crippen molar-refractivity contribution in [3.63, 3.8) is 0 Å². The van der Waals surface area contributed by atoms with Gasteiger partial charge in [-0.1, -0.05) is 49.7 Å². The van der Waals surface area contributed by atoms with Crippen LogP contribution in [0.2, 0.25) is 0 Å². The number of ether oxygens (including phenoxy) is 1. The molecule has 2 aromatic rings. The van der Waals surface area contributed by atoms with E-state index in [1.807, 2.05) is 24.3 Å². The first kappa shape index (κ1) is 15.5. The molecule has 0 saturated carbocycles. The van der Waals surface area contributed by atoms with Gasteiger partial charge in [0, 0.05) is 0 Å². The Labute approximate surface area is 125 Å². The van der Waals surface area contributed by atoms with Crippen molar-refractivity contribution in [2.75, 3.05) is 6.61 Å². The molecule has 0 spiro atoms. The SMILES string of the molecule is CCCc1ccc(C(O)COc2cccc(C)c2F)cc1. The highest BCUT2D eigenvalue weighted by Crippen LogP contribution is 2.22. The first-order chi connectivity index (χ1) is 10.1. The second-order valence-corrected chi connectivity index (χ2v) is 5.21. The number of hydrogen-bond acceptors (Lipinski definition) is 2. The lowest BCUT2D eigenvalue weighted by Gasteiger charge is -2.14. The van der Waals surface area contributed by atoms with Crippen LogP contribution in [0.3, 0.4) is 0 Å². The van der Waals surface area contributed by atoms with Gasteiger partial charge in [0.1, 0.15) is 12.7 Å². The van der Waals surface area contributed by atoms with E-state index in [1.54, 1.807) is 25.1 Å². The Kier molecular flexibility index (Phi) is 5.34. The number of hydrogen-bond donors (Lipinski definition) is 1. The standard InChI is InChI=1S/C18H21FO2/c1-3-5-14-8-10-15(11-9-14)16(20)12-21-17-7-4-6-13(2)18(17)19/h4,6-11,16,20H,3,5,12H2,1-2H3. The fourth-order valence-electron chi connectivity index (χ4n) is 2.19. The summed E-state index contributed by atoms with van der Waals surface area (Å²) in [7, 11) is 0. The molecule has 2 aromatic carbocycles. The summed E-state index contributed by atoms with van der Waals surface area (Å²) in [5.74, 6) is -0.195. The van der Waals surface area contributed by atoms with E-state index in [9.17, 15) is 9.50 Å². The van der Waals surface area contributed by atoms with E-state index in [-0.39, 0.29) is 18.2 Å². The van der Waals surface area contributed by atoms with E-state index < -0.39 is 6.10 Å². The van der Waals surface area contributed by atoms with Crippen LogP contribution in [0, 0.1) is 12.7 Å². The van der Waals surface area contributed by atoms with E-state index in [1.165, 1.54) is 5.56 Å². The molecule has 1 unspecified atom stereocenters. The van der Waals surface area contributed by atoms with Gasteiger partial charge in [0.05, 0.1) is 0 Å². The summed E-state index contributed by atoms with van der Waals surface area (Å²) in [6.45, 7) is 3.85. The summed E-state index contributed by atoms with van der Waals surface area (Å²) < 4.78 is 19.2. The molecule has 21 heavy (non-hydrogen) atoms. The van der Waals surface area contributed by atoms with Crippen LogP contribution in [0.4, 0.5) is 4.39 Å². The van der Waals surface area contributed by atoms with Crippen molar-refractivity contribution in [2.45, 2.75) is 32.8 Å². The van der Waals surface area contributed by atoms with Crippen LogP contribution < -0.4 is 4.74 Å². The summed E-state index contributed by atoms with van der Waals surface area (Å²) in [4.78, 5) is 0. The molecular formula is C18H21FO2.